The molecule has 1 N–H and O–H groups in total. The summed E-state index contributed by atoms with van der Waals surface area (Å²) in [6, 6.07) is 0. The summed E-state index contributed by atoms with van der Waals surface area (Å²) in [6.07, 6.45) is 0.312. The van der Waals surface area contributed by atoms with E-state index in [-0.39, 0.29) is 0 Å². The SMILES string of the molecule is COC(=O)[C@]1(C)C[C@@]1(O)N(C)Cl. The van der Waals surface area contributed by atoms with Crippen molar-refractivity contribution in [2.75, 3.05) is 14.2 Å². The quantitative estimate of drug-likeness (QED) is 0.391. The molecule has 0 radical (unpaired) electrons. The van der Waals surface area contributed by atoms with Gasteiger partial charge >= 0.3 is 5.97 Å². The second kappa shape index (κ2) is 2.58. The van der Waals surface area contributed by atoms with Crippen molar-refractivity contribution >= 4 is 17.7 Å². The van der Waals surface area contributed by atoms with Gasteiger partial charge in [0.15, 0.2) is 0 Å². The minimum absolute atomic E-state index is 0.312. The molecule has 4 nitrogen and oxygen atoms in total. The average molecular weight is 194 g/mol. The first kappa shape index (κ1) is 9.77. The molecule has 0 saturated heterocycles. The van der Waals surface area contributed by atoms with Crippen molar-refractivity contribution < 1.29 is 14.6 Å². The number of aliphatic hydroxyl groups is 1. The molecule has 12 heavy (non-hydrogen) atoms. The number of carbonyl (C=O) groups excluding carboxylic acids is 1. The Morgan fingerprint density at radius 2 is 2.25 bits per heavy atom. The maximum atomic E-state index is 11.1. The van der Waals surface area contributed by atoms with Crippen molar-refractivity contribution in [2.24, 2.45) is 5.41 Å². The van der Waals surface area contributed by atoms with E-state index in [0.29, 0.717) is 6.42 Å². The van der Waals surface area contributed by atoms with Crippen LogP contribution in [0.2, 0.25) is 0 Å². The molecule has 0 spiro atoms. The Balaban J connectivity index is 2.76. The lowest BCUT2D eigenvalue weighted by Crippen LogP contribution is -2.35. The molecule has 0 aromatic rings. The molecular formula is C7H12ClNO3. The molecule has 1 aliphatic rings. The van der Waals surface area contributed by atoms with Crippen molar-refractivity contribution in [1.29, 1.82) is 0 Å². The first-order valence-electron chi connectivity index (χ1n) is 3.59. The van der Waals surface area contributed by atoms with Crippen molar-refractivity contribution in [2.45, 2.75) is 19.1 Å². The highest BCUT2D eigenvalue weighted by Gasteiger charge is 2.72. The lowest BCUT2D eigenvalue weighted by Gasteiger charge is -2.19. The molecule has 0 aromatic heterocycles. The highest BCUT2D eigenvalue weighted by Crippen LogP contribution is 2.58. The topological polar surface area (TPSA) is 49.8 Å². The lowest BCUT2D eigenvalue weighted by molar-refractivity contribution is -0.151. The predicted octanol–water partition coefficient (Wildman–Crippen LogP) is 0.344. The summed E-state index contributed by atoms with van der Waals surface area (Å²) < 4.78 is 5.65. The van der Waals surface area contributed by atoms with Gasteiger partial charge in [0.25, 0.3) is 0 Å². The zero-order valence-electron chi connectivity index (χ0n) is 7.30. The van der Waals surface area contributed by atoms with Crippen LogP contribution in [0.5, 0.6) is 0 Å². The van der Waals surface area contributed by atoms with E-state index in [0.717, 1.165) is 4.42 Å². The first-order chi connectivity index (χ1) is 5.38. The molecule has 0 aliphatic heterocycles. The molecule has 0 amide bonds. The lowest BCUT2D eigenvalue weighted by atomic mass is 10.1. The molecular weight excluding hydrogens is 182 g/mol. The van der Waals surface area contributed by atoms with Crippen LogP contribution < -0.4 is 0 Å². The van der Waals surface area contributed by atoms with E-state index in [2.05, 4.69) is 4.74 Å². The van der Waals surface area contributed by atoms with Gasteiger partial charge in [-0.15, -0.1) is 0 Å². The van der Waals surface area contributed by atoms with Gasteiger partial charge in [0.05, 0.1) is 7.11 Å². The maximum absolute atomic E-state index is 11.1. The number of methoxy groups -OCH3 is 1. The summed E-state index contributed by atoms with van der Waals surface area (Å²) in [7, 11) is 2.80. The molecule has 2 atom stereocenters. The predicted molar refractivity (Wildman–Crippen MR) is 43.3 cm³/mol. The Morgan fingerprint density at radius 3 is 2.50 bits per heavy atom. The van der Waals surface area contributed by atoms with Gasteiger partial charge in [-0.05, 0) is 18.7 Å². The summed E-state index contributed by atoms with van der Waals surface area (Å²) >= 11 is 5.58. The third kappa shape index (κ3) is 1.02. The van der Waals surface area contributed by atoms with Crippen molar-refractivity contribution in [3.05, 3.63) is 0 Å². The number of rotatable bonds is 2. The van der Waals surface area contributed by atoms with Gasteiger partial charge in [0.2, 0.25) is 0 Å². The largest absolute Gasteiger partial charge is 0.468 e. The number of esters is 1. The molecule has 70 valence electrons. The van der Waals surface area contributed by atoms with E-state index in [4.69, 9.17) is 11.8 Å². The van der Waals surface area contributed by atoms with E-state index in [1.165, 1.54) is 14.2 Å². The fourth-order valence-corrected chi connectivity index (χ4v) is 1.60. The molecule has 1 rings (SSSR count). The summed E-state index contributed by atoms with van der Waals surface area (Å²) in [5, 5.41) is 9.72. The van der Waals surface area contributed by atoms with Crippen LogP contribution in [0.1, 0.15) is 13.3 Å². The van der Waals surface area contributed by atoms with Crippen molar-refractivity contribution in [1.82, 2.24) is 4.42 Å². The Morgan fingerprint density at radius 1 is 1.75 bits per heavy atom. The summed E-state index contributed by atoms with van der Waals surface area (Å²) in [5.74, 6) is -0.433. The zero-order valence-corrected chi connectivity index (χ0v) is 8.05. The van der Waals surface area contributed by atoms with Gasteiger partial charge in [0.1, 0.15) is 11.1 Å². The minimum atomic E-state index is -1.25. The Hall–Kier alpha value is -0.320. The molecule has 1 fully saturated rings. The van der Waals surface area contributed by atoms with Crippen LogP contribution in [-0.4, -0.2) is 35.4 Å². The Labute approximate surface area is 76.2 Å². The minimum Gasteiger partial charge on any atom is -0.468 e. The van der Waals surface area contributed by atoms with Crippen LogP contribution >= 0.6 is 11.8 Å². The molecule has 0 heterocycles. The Kier molecular flexibility index (Phi) is 2.10. The van der Waals surface area contributed by atoms with E-state index in [1.807, 2.05) is 0 Å². The van der Waals surface area contributed by atoms with Crippen molar-refractivity contribution in [3.63, 3.8) is 0 Å². The van der Waals surface area contributed by atoms with Crippen LogP contribution in [0.3, 0.4) is 0 Å². The normalized spacial score (nSPS) is 39.8. The molecule has 5 heteroatoms. The van der Waals surface area contributed by atoms with E-state index in [1.54, 1.807) is 6.92 Å². The second-order valence-corrected chi connectivity index (χ2v) is 3.80. The van der Waals surface area contributed by atoms with Crippen LogP contribution in [0.15, 0.2) is 0 Å². The van der Waals surface area contributed by atoms with Crippen molar-refractivity contribution in [3.8, 4) is 0 Å². The average Bonchev–Trinajstić information content (AvgIpc) is 2.56. The first-order valence-corrected chi connectivity index (χ1v) is 3.93. The molecule has 1 saturated carbocycles. The third-order valence-corrected chi connectivity index (χ3v) is 2.78. The van der Waals surface area contributed by atoms with Crippen LogP contribution in [0, 0.1) is 5.41 Å². The fourth-order valence-electron chi connectivity index (χ4n) is 1.36. The summed E-state index contributed by atoms with van der Waals surface area (Å²) in [6.45, 7) is 1.62. The smallest absolute Gasteiger partial charge is 0.316 e. The maximum Gasteiger partial charge on any atom is 0.316 e. The van der Waals surface area contributed by atoms with Gasteiger partial charge in [-0.25, -0.2) is 0 Å². The van der Waals surface area contributed by atoms with Crippen LogP contribution in [-0.2, 0) is 9.53 Å². The van der Waals surface area contributed by atoms with E-state index < -0.39 is 17.1 Å². The van der Waals surface area contributed by atoms with Gasteiger partial charge in [-0.2, -0.15) is 4.42 Å². The molecule has 0 aromatic carbocycles. The number of ether oxygens (including phenoxy) is 1. The van der Waals surface area contributed by atoms with Gasteiger partial charge < -0.3 is 9.84 Å². The van der Waals surface area contributed by atoms with Gasteiger partial charge in [-0.1, -0.05) is 0 Å². The van der Waals surface area contributed by atoms with Gasteiger partial charge in [-0.3, -0.25) is 4.79 Å². The summed E-state index contributed by atoms with van der Waals surface area (Å²) in [4.78, 5) is 11.1. The second-order valence-electron chi connectivity index (χ2n) is 3.29. The number of nitrogens with zero attached hydrogens (tertiary/aromatic N) is 1. The van der Waals surface area contributed by atoms with Crippen LogP contribution in [0.4, 0.5) is 0 Å². The highest BCUT2D eigenvalue weighted by molar-refractivity contribution is 6.14. The fraction of sp³-hybridized carbons (Fsp3) is 0.857. The van der Waals surface area contributed by atoms with E-state index in [9.17, 15) is 9.90 Å². The number of hydrogen-bond donors (Lipinski definition) is 1. The van der Waals surface area contributed by atoms with E-state index >= 15 is 0 Å². The number of halogens is 1. The zero-order chi connectivity index (χ0) is 9.57. The third-order valence-electron chi connectivity index (χ3n) is 2.50. The molecule has 1 aliphatic carbocycles. The highest BCUT2D eigenvalue weighted by atomic mass is 35.5. The number of carbonyl (C=O) groups is 1. The monoisotopic (exact) mass is 193 g/mol. The number of hydrogen-bond acceptors (Lipinski definition) is 4. The summed E-state index contributed by atoms with van der Waals surface area (Å²) in [5.41, 5.74) is -2.13. The molecule has 0 bridgehead atoms. The molecule has 0 unspecified atom stereocenters. The Bertz CT molecular complexity index is 221. The van der Waals surface area contributed by atoms with Crippen LogP contribution in [0.25, 0.3) is 0 Å². The van der Waals surface area contributed by atoms with Gasteiger partial charge in [0, 0.05) is 13.5 Å². The standard InChI is InChI=1S/C7H12ClNO3/c1-6(5(10)12-3)4-7(6,11)9(2)8/h11H,4H2,1-3H3/t6-,7-/m0/s1.